The standard InChI is InChI=1S/C20H26N4O2/c1-14-8-15(2)24(21-14)19-7-5-4-6-16(19)9-23-10-17-12-26-13-18(11-23)22(3)20(17)25/h4-8,17-18H,9-13H2,1-3H3/t17-,18+/m1/s1. The van der Waals surface area contributed by atoms with Crippen molar-refractivity contribution < 1.29 is 9.53 Å². The average molecular weight is 354 g/mol. The summed E-state index contributed by atoms with van der Waals surface area (Å²) in [6, 6.07) is 10.6. The van der Waals surface area contributed by atoms with Crippen molar-refractivity contribution in [3.05, 3.63) is 47.3 Å². The molecule has 4 rings (SSSR count). The Balaban J connectivity index is 1.62. The first kappa shape index (κ1) is 17.2. The predicted molar refractivity (Wildman–Crippen MR) is 99.2 cm³/mol. The Morgan fingerprint density at radius 2 is 2.00 bits per heavy atom. The van der Waals surface area contributed by atoms with Gasteiger partial charge in [-0.05, 0) is 31.5 Å². The third-order valence-corrected chi connectivity index (χ3v) is 5.44. The van der Waals surface area contributed by atoms with Gasteiger partial charge in [0.25, 0.3) is 0 Å². The number of hydrogen-bond donors (Lipinski definition) is 0. The van der Waals surface area contributed by atoms with Crippen molar-refractivity contribution >= 4 is 5.91 Å². The van der Waals surface area contributed by atoms with Crippen molar-refractivity contribution in [1.29, 1.82) is 0 Å². The summed E-state index contributed by atoms with van der Waals surface area (Å²) >= 11 is 0. The van der Waals surface area contributed by atoms with Crippen LogP contribution in [-0.2, 0) is 16.1 Å². The zero-order valence-electron chi connectivity index (χ0n) is 15.7. The van der Waals surface area contributed by atoms with Crippen LogP contribution in [0.15, 0.2) is 30.3 Å². The molecule has 0 saturated carbocycles. The van der Waals surface area contributed by atoms with E-state index in [9.17, 15) is 4.79 Å². The van der Waals surface area contributed by atoms with Crippen molar-refractivity contribution in [1.82, 2.24) is 19.6 Å². The Hall–Kier alpha value is -2.18. The Bertz CT molecular complexity index is 816. The molecule has 0 radical (unpaired) electrons. The molecule has 0 spiro atoms. The van der Waals surface area contributed by atoms with Crippen LogP contribution in [0.1, 0.15) is 17.0 Å². The van der Waals surface area contributed by atoms with Gasteiger partial charge in [0.1, 0.15) is 0 Å². The van der Waals surface area contributed by atoms with E-state index < -0.39 is 0 Å². The molecule has 1 aromatic heterocycles. The van der Waals surface area contributed by atoms with Crippen molar-refractivity contribution in [2.45, 2.75) is 26.4 Å². The first-order valence-corrected chi connectivity index (χ1v) is 9.21. The van der Waals surface area contributed by atoms with Gasteiger partial charge < -0.3 is 9.64 Å². The van der Waals surface area contributed by atoms with Gasteiger partial charge >= 0.3 is 0 Å². The molecule has 6 nitrogen and oxygen atoms in total. The van der Waals surface area contributed by atoms with Gasteiger partial charge in [0, 0.05) is 32.4 Å². The van der Waals surface area contributed by atoms with Crippen molar-refractivity contribution in [2.24, 2.45) is 5.92 Å². The highest BCUT2D eigenvalue weighted by atomic mass is 16.5. The quantitative estimate of drug-likeness (QED) is 0.843. The van der Waals surface area contributed by atoms with Crippen molar-refractivity contribution in [3.63, 3.8) is 0 Å². The number of amides is 1. The average Bonchev–Trinajstić information content (AvgIpc) is 2.82. The molecule has 2 atom stereocenters. The topological polar surface area (TPSA) is 50.6 Å². The maximum atomic E-state index is 12.6. The summed E-state index contributed by atoms with van der Waals surface area (Å²) in [5.41, 5.74) is 4.50. The van der Waals surface area contributed by atoms with E-state index in [1.165, 1.54) is 5.56 Å². The van der Waals surface area contributed by atoms with Crippen molar-refractivity contribution in [2.75, 3.05) is 33.4 Å². The minimum Gasteiger partial charge on any atom is -0.378 e. The fourth-order valence-electron chi connectivity index (χ4n) is 4.08. The summed E-state index contributed by atoms with van der Waals surface area (Å²) in [5, 5.41) is 4.65. The zero-order chi connectivity index (χ0) is 18.3. The first-order chi connectivity index (χ1) is 12.5. The predicted octanol–water partition coefficient (Wildman–Crippen LogP) is 1.78. The summed E-state index contributed by atoms with van der Waals surface area (Å²) < 4.78 is 7.73. The van der Waals surface area contributed by atoms with Crippen molar-refractivity contribution in [3.8, 4) is 5.69 Å². The second-order valence-corrected chi connectivity index (χ2v) is 7.50. The number of fused-ring (bicyclic) bond motifs is 3. The second-order valence-electron chi connectivity index (χ2n) is 7.50. The molecule has 3 heterocycles. The number of benzene rings is 1. The lowest BCUT2D eigenvalue weighted by Gasteiger charge is -2.29. The van der Waals surface area contributed by atoms with Gasteiger partial charge in [0.2, 0.25) is 5.91 Å². The van der Waals surface area contributed by atoms with E-state index in [4.69, 9.17) is 4.74 Å². The summed E-state index contributed by atoms with van der Waals surface area (Å²) in [4.78, 5) is 16.8. The minimum atomic E-state index is -0.0756. The molecule has 0 N–H and O–H groups in total. The number of aromatic nitrogens is 2. The molecule has 2 aliphatic heterocycles. The van der Waals surface area contributed by atoms with E-state index in [0.717, 1.165) is 36.7 Å². The maximum absolute atomic E-state index is 12.6. The van der Waals surface area contributed by atoms with Crippen LogP contribution in [0.4, 0.5) is 0 Å². The molecular weight excluding hydrogens is 328 g/mol. The summed E-state index contributed by atoms with van der Waals surface area (Å²) in [6.45, 7) is 7.63. The molecule has 2 aromatic rings. The van der Waals surface area contributed by atoms with Gasteiger partial charge in [-0.2, -0.15) is 5.10 Å². The molecule has 0 unspecified atom stereocenters. The molecule has 6 heteroatoms. The van der Waals surface area contributed by atoms with Crippen LogP contribution in [0.5, 0.6) is 0 Å². The molecule has 0 aliphatic carbocycles. The lowest BCUT2D eigenvalue weighted by atomic mass is 10.1. The number of para-hydroxylation sites is 1. The molecule has 26 heavy (non-hydrogen) atoms. The molecule has 2 bridgehead atoms. The monoisotopic (exact) mass is 354 g/mol. The van der Waals surface area contributed by atoms with Crippen LogP contribution < -0.4 is 0 Å². The van der Waals surface area contributed by atoms with Crippen LogP contribution in [-0.4, -0.2) is 64.9 Å². The first-order valence-electron chi connectivity index (χ1n) is 9.21. The Morgan fingerprint density at radius 3 is 2.77 bits per heavy atom. The van der Waals surface area contributed by atoms with Crippen LogP contribution in [0.25, 0.3) is 5.69 Å². The second kappa shape index (κ2) is 6.85. The number of likely N-dealkylation sites (N-methyl/N-ethyl adjacent to an activating group) is 1. The van der Waals surface area contributed by atoms with E-state index >= 15 is 0 Å². The number of ether oxygens (including phenoxy) is 1. The number of hydrogen-bond acceptors (Lipinski definition) is 4. The molecule has 2 fully saturated rings. The zero-order valence-corrected chi connectivity index (χ0v) is 15.7. The van der Waals surface area contributed by atoms with E-state index in [-0.39, 0.29) is 17.9 Å². The number of nitrogens with zero attached hydrogens (tertiary/aromatic N) is 4. The molecule has 2 aliphatic rings. The Morgan fingerprint density at radius 1 is 1.19 bits per heavy atom. The van der Waals surface area contributed by atoms with E-state index in [1.54, 1.807) is 0 Å². The van der Waals surface area contributed by atoms with Crippen LogP contribution in [0.3, 0.4) is 0 Å². The van der Waals surface area contributed by atoms with Gasteiger partial charge in [-0.15, -0.1) is 0 Å². The van der Waals surface area contributed by atoms with E-state index in [0.29, 0.717) is 13.2 Å². The SMILES string of the molecule is Cc1cc(C)n(-c2ccccc2CN2C[C@@H]3COC[C@H](C2)N(C)C3=O)n1. The van der Waals surface area contributed by atoms with Gasteiger partial charge in [-0.1, -0.05) is 18.2 Å². The molecule has 138 valence electrons. The van der Waals surface area contributed by atoms with E-state index in [2.05, 4.69) is 47.3 Å². The third kappa shape index (κ3) is 3.15. The minimum absolute atomic E-state index is 0.0756. The molecule has 2 saturated heterocycles. The maximum Gasteiger partial charge on any atom is 0.229 e. The summed E-state index contributed by atoms with van der Waals surface area (Å²) in [5.74, 6) is 0.134. The highest BCUT2D eigenvalue weighted by Gasteiger charge is 2.37. The smallest absolute Gasteiger partial charge is 0.229 e. The summed E-state index contributed by atoms with van der Waals surface area (Å²) in [7, 11) is 1.90. The van der Waals surface area contributed by atoms with Crippen LogP contribution in [0, 0.1) is 19.8 Å². The largest absolute Gasteiger partial charge is 0.378 e. The lowest BCUT2D eigenvalue weighted by Crippen LogP contribution is -2.43. The van der Waals surface area contributed by atoms with Gasteiger partial charge in [-0.3, -0.25) is 9.69 Å². The fraction of sp³-hybridized carbons (Fsp3) is 0.500. The highest BCUT2D eigenvalue weighted by molar-refractivity contribution is 5.80. The van der Waals surface area contributed by atoms with Gasteiger partial charge in [0.15, 0.2) is 0 Å². The lowest BCUT2D eigenvalue weighted by molar-refractivity contribution is -0.133. The number of rotatable bonds is 3. The molecular formula is C20H26N4O2. The third-order valence-electron chi connectivity index (χ3n) is 5.44. The normalized spacial score (nSPS) is 24.0. The van der Waals surface area contributed by atoms with Crippen LogP contribution in [0.2, 0.25) is 0 Å². The van der Waals surface area contributed by atoms with Gasteiger partial charge in [0.05, 0.1) is 36.6 Å². The summed E-state index contributed by atoms with van der Waals surface area (Å²) in [6.07, 6.45) is 0. The Kier molecular flexibility index (Phi) is 4.54. The molecule has 1 aromatic carbocycles. The van der Waals surface area contributed by atoms with Crippen LogP contribution >= 0.6 is 0 Å². The van der Waals surface area contributed by atoms with E-state index in [1.807, 2.05) is 23.6 Å². The number of carbonyl (C=O) groups is 1. The molecule has 1 amide bonds. The van der Waals surface area contributed by atoms with Gasteiger partial charge in [-0.25, -0.2) is 4.68 Å². The highest BCUT2D eigenvalue weighted by Crippen LogP contribution is 2.24. The Labute approximate surface area is 154 Å². The number of aryl methyl sites for hydroxylation is 2. The number of carbonyl (C=O) groups excluding carboxylic acids is 1. The fourth-order valence-corrected chi connectivity index (χ4v) is 4.08.